The predicted molar refractivity (Wildman–Crippen MR) is 101 cm³/mol. The molecule has 1 amide bonds. The van der Waals surface area contributed by atoms with E-state index in [1.165, 1.54) is 22.3 Å². The van der Waals surface area contributed by atoms with E-state index in [0.717, 1.165) is 32.1 Å². The Balaban J connectivity index is 1.39. The zero-order valence-electron chi connectivity index (χ0n) is 14.9. The maximum Gasteiger partial charge on any atom is 0.407 e. The van der Waals surface area contributed by atoms with Gasteiger partial charge < -0.3 is 15.2 Å². The van der Waals surface area contributed by atoms with Crippen LogP contribution in [-0.2, 0) is 4.74 Å². The number of carbonyl (C=O) groups is 1. The summed E-state index contributed by atoms with van der Waals surface area (Å²) in [5, 5.41) is 13.2. The van der Waals surface area contributed by atoms with Crippen molar-refractivity contribution in [2.75, 3.05) is 13.2 Å². The lowest BCUT2D eigenvalue weighted by molar-refractivity contribution is 0.00433. The summed E-state index contributed by atoms with van der Waals surface area (Å²) < 4.78 is 5.51. The molecule has 0 radical (unpaired) electrons. The van der Waals surface area contributed by atoms with Crippen molar-refractivity contribution < 1.29 is 14.6 Å². The molecule has 1 saturated carbocycles. The number of rotatable bonds is 4. The third-order valence-corrected chi connectivity index (χ3v) is 5.69. The molecule has 0 aromatic heterocycles. The summed E-state index contributed by atoms with van der Waals surface area (Å²) in [5.74, 6) is 0.0610. The van der Waals surface area contributed by atoms with Crippen LogP contribution in [-0.4, -0.2) is 30.0 Å². The number of aliphatic hydroxyl groups is 1. The van der Waals surface area contributed by atoms with Crippen molar-refractivity contribution in [1.82, 2.24) is 5.32 Å². The zero-order valence-corrected chi connectivity index (χ0v) is 14.9. The Kier molecular flexibility index (Phi) is 4.68. The second-order valence-electron chi connectivity index (χ2n) is 7.46. The summed E-state index contributed by atoms with van der Waals surface area (Å²) in [4.78, 5) is 12.2. The molecule has 4 rings (SSSR count). The molecule has 4 heteroatoms. The molecule has 26 heavy (non-hydrogen) atoms. The van der Waals surface area contributed by atoms with Gasteiger partial charge in [-0.15, -0.1) is 0 Å². The second kappa shape index (κ2) is 7.12. The van der Waals surface area contributed by atoms with Crippen LogP contribution in [0.3, 0.4) is 0 Å². The highest BCUT2D eigenvalue weighted by molar-refractivity contribution is 5.79. The normalized spacial score (nSPS) is 18.0. The molecule has 0 heterocycles. The third kappa shape index (κ3) is 3.34. The van der Waals surface area contributed by atoms with Gasteiger partial charge in [-0.05, 0) is 35.1 Å². The van der Waals surface area contributed by atoms with Crippen LogP contribution in [0.4, 0.5) is 4.79 Å². The maximum absolute atomic E-state index is 12.2. The van der Waals surface area contributed by atoms with Crippen molar-refractivity contribution in [3.63, 3.8) is 0 Å². The lowest BCUT2D eigenvalue weighted by Gasteiger charge is -2.31. The van der Waals surface area contributed by atoms with Crippen LogP contribution in [0.5, 0.6) is 0 Å². The SMILES string of the molecule is O=C(NCC1(O)CCCCC1)OCC1c2ccccc2-c2ccccc21. The lowest BCUT2D eigenvalue weighted by Crippen LogP contribution is -2.44. The Morgan fingerprint density at radius 3 is 2.19 bits per heavy atom. The first-order chi connectivity index (χ1) is 12.7. The third-order valence-electron chi connectivity index (χ3n) is 5.69. The molecule has 1 fully saturated rings. The molecule has 2 aliphatic carbocycles. The molecule has 0 spiro atoms. The highest BCUT2D eigenvalue weighted by Crippen LogP contribution is 2.44. The molecule has 2 aliphatic rings. The van der Waals surface area contributed by atoms with Crippen LogP contribution in [0.2, 0.25) is 0 Å². The summed E-state index contributed by atoms with van der Waals surface area (Å²) in [6.07, 6.45) is 4.23. The predicted octanol–water partition coefficient (Wildman–Crippen LogP) is 4.22. The highest BCUT2D eigenvalue weighted by atomic mass is 16.5. The topological polar surface area (TPSA) is 58.6 Å². The van der Waals surface area contributed by atoms with Crippen LogP contribution in [0.25, 0.3) is 11.1 Å². The first kappa shape index (κ1) is 17.1. The van der Waals surface area contributed by atoms with Crippen LogP contribution in [0, 0.1) is 0 Å². The van der Waals surface area contributed by atoms with Gasteiger partial charge in [-0.2, -0.15) is 0 Å². The van der Waals surface area contributed by atoms with Gasteiger partial charge in [0.25, 0.3) is 0 Å². The number of benzene rings is 2. The van der Waals surface area contributed by atoms with Gasteiger partial charge in [0.05, 0.1) is 5.60 Å². The van der Waals surface area contributed by atoms with E-state index in [4.69, 9.17) is 4.74 Å². The van der Waals surface area contributed by atoms with Crippen LogP contribution in [0.1, 0.15) is 49.1 Å². The molecule has 2 aromatic rings. The van der Waals surface area contributed by atoms with E-state index >= 15 is 0 Å². The van der Waals surface area contributed by atoms with Gasteiger partial charge >= 0.3 is 6.09 Å². The van der Waals surface area contributed by atoms with E-state index in [1.54, 1.807) is 0 Å². The molecule has 0 bridgehead atoms. The minimum atomic E-state index is -0.774. The Morgan fingerprint density at radius 2 is 1.58 bits per heavy atom. The number of nitrogens with one attached hydrogen (secondary N) is 1. The summed E-state index contributed by atoms with van der Waals surface area (Å²) in [7, 11) is 0. The fourth-order valence-electron chi connectivity index (χ4n) is 4.27. The molecule has 0 unspecified atom stereocenters. The Bertz CT molecular complexity index is 750. The zero-order chi connectivity index (χ0) is 18.0. The van der Waals surface area contributed by atoms with Gasteiger partial charge in [-0.25, -0.2) is 4.79 Å². The molecule has 0 aliphatic heterocycles. The van der Waals surface area contributed by atoms with Gasteiger partial charge in [-0.3, -0.25) is 0 Å². The van der Waals surface area contributed by atoms with Gasteiger partial charge in [0.2, 0.25) is 0 Å². The number of ether oxygens (including phenoxy) is 1. The van der Waals surface area contributed by atoms with Gasteiger partial charge in [-0.1, -0.05) is 67.8 Å². The molecular weight excluding hydrogens is 326 g/mol. The first-order valence-corrected chi connectivity index (χ1v) is 9.48. The maximum atomic E-state index is 12.2. The summed E-state index contributed by atoms with van der Waals surface area (Å²) in [6, 6.07) is 16.6. The molecule has 0 saturated heterocycles. The smallest absolute Gasteiger partial charge is 0.407 e. The van der Waals surface area contributed by atoms with Crippen LogP contribution < -0.4 is 5.32 Å². The number of hydrogen-bond acceptors (Lipinski definition) is 3. The van der Waals surface area contributed by atoms with Crippen molar-refractivity contribution >= 4 is 6.09 Å². The fraction of sp³-hybridized carbons (Fsp3) is 0.409. The van der Waals surface area contributed by atoms with E-state index in [1.807, 2.05) is 24.3 Å². The molecule has 4 nitrogen and oxygen atoms in total. The number of carbonyl (C=O) groups excluding carboxylic acids is 1. The summed E-state index contributed by atoms with van der Waals surface area (Å²) in [5.41, 5.74) is 4.06. The van der Waals surface area contributed by atoms with Gasteiger partial charge in [0.15, 0.2) is 0 Å². The van der Waals surface area contributed by atoms with E-state index in [9.17, 15) is 9.90 Å². The van der Waals surface area contributed by atoms with Crippen molar-refractivity contribution in [3.8, 4) is 11.1 Å². The van der Waals surface area contributed by atoms with Crippen molar-refractivity contribution in [2.24, 2.45) is 0 Å². The number of hydrogen-bond donors (Lipinski definition) is 2. The van der Waals surface area contributed by atoms with Crippen LogP contribution >= 0.6 is 0 Å². The highest BCUT2D eigenvalue weighted by Gasteiger charge is 2.31. The quantitative estimate of drug-likeness (QED) is 0.867. The fourth-order valence-corrected chi connectivity index (χ4v) is 4.27. The molecule has 136 valence electrons. The number of amides is 1. The van der Waals surface area contributed by atoms with Gasteiger partial charge in [0.1, 0.15) is 6.61 Å². The first-order valence-electron chi connectivity index (χ1n) is 9.48. The molecule has 0 atom stereocenters. The molecule has 2 aromatic carbocycles. The van der Waals surface area contributed by atoms with E-state index in [-0.39, 0.29) is 12.5 Å². The molecule has 2 N–H and O–H groups in total. The van der Waals surface area contributed by atoms with Gasteiger partial charge in [0, 0.05) is 12.5 Å². The summed E-state index contributed by atoms with van der Waals surface area (Å²) in [6.45, 7) is 0.571. The number of alkyl carbamates (subject to hydrolysis) is 1. The van der Waals surface area contributed by atoms with Crippen LogP contribution in [0.15, 0.2) is 48.5 Å². The average Bonchev–Trinajstić information content (AvgIpc) is 2.99. The minimum absolute atomic E-state index is 0.0610. The van der Waals surface area contributed by atoms with Crippen molar-refractivity contribution in [3.05, 3.63) is 59.7 Å². The monoisotopic (exact) mass is 351 g/mol. The van der Waals surface area contributed by atoms with E-state index in [2.05, 4.69) is 29.6 Å². The Hall–Kier alpha value is -2.33. The second-order valence-corrected chi connectivity index (χ2v) is 7.46. The van der Waals surface area contributed by atoms with E-state index < -0.39 is 11.7 Å². The van der Waals surface area contributed by atoms with Crippen molar-refractivity contribution in [2.45, 2.75) is 43.6 Å². The average molecular weight is 351 g/mol. The molecular formula is C22H25NO3. The summed E-state index contributed by atoms with van der Waals surface area (Å²) >= 11 is 0. The minimum Gasteiger partial charge on any atom is -0.449 e. The Morgan fingerprint density at radius 1 is 1.00 bits per heavy atom. The van der Waals surface area contributed by atoms with E-state index in [0.29, 0.717) is 6.61 Å². The largest absolute Gasteiger partial charge is 0.449 e. The standard InChI is InChI=1S/C22H25NO3/c24-21(23-15-22(25)12-6-1-7-13-22)26-14-20-18-10-4-2-8-16(18)17-9-3-5-11-19(17)20/h2-5,8-11,20,25H,1,6-7,12-15H2,(H,23,24). The van der Waals surface area contributed by atoms with Crippen molar-refractivity contribution in [1.29, 1.82) is 0 Å². The lowest BCUT2D eigenvalue weighted by atomic mass is 9.85. The number of fused-ring (bicyclic) bond motifs is 3. The Labute approximate surface area is 154 Å².